The fraction of sp³-hybridized carbons (Fsp3) is 0.350. The Morgan fingerprint density at radius 2 is 1.96 bits per heavy atom. The molecule has 0 radical (unpaired) electrons. The summed E-state index contributed by atoms with van der Waals surface area (Å²) in [5.41, 5.74) is 1.52. The number of nitrogens with zero attached hydrogens (tertiary/aromatic N) is 1. The minimum Gasteiger partial charge on any atom is -0.497 e. The van der Waals surface area contributed by atoms with Crippen LogP contribution in [0.3, 0.4) is 0 Å². The molecular formula is C20H23FN2O3. The summed E-state index contributed by atoms with van der Waals surface area (Å²) in [5, 5.41) is 2.97. The van der Waals surface area contributed by atoms with Crippen molar-refractivity contribution in [1.82, 2.24) is 10.2 Å². The van der Waals surface area contributed by atoms with E-state index in [2.05, 4.69) is 10.2 Å². The van der Waals surface area contributed by atoms with Gasteiger partial charge in [-0.15, -0.1) is 0 Å². The summed E-state index contributed by atoms with van der Waals surface area (Å²) in [5.74, 6) is 0.209. The van der Waals surface area contributed by atoms with Crippen LogP contribution < -0.4 is 10.1 Å². The summed E-state index contributed by atoms with van der Waals surface area (Å²) in [7, 11) is 1.64. The molecule has 0 aromatic heterocycles. The summed E-state index contributed by atoms with van der Waals surface area (Å²) in [6.07, 6.45) is 0. The molecule has 1 aliphatic heterocycles. The molecule has 1 amide bonds. The zero-order valence-electron chi connectivity index (χ0n) is 14.8. The molecule has 1 saturated heterocycles. The van der Waals surface area contributed by atoms with Gasteiger partial charge in [-0.2, -0.15) is 0 Å². The molecule has 5 nitrogen and oxygen atoms in total. The molecule has 0 saturated carbocycles. The highest BCUT2D eigenvalue weighted by molar-refractivity contribution is 5.94. The number of rotatable bonds is 6. The maximum absolute atomic E-state index is 13.0. The molecule has 0 spiro atoms. The van der Waals surface area contributed by atoms with Crippen LogP contribution >= 0.6 is 0 Å². The van der Waals surface area contributed by atoms with Crippen LogP contribution in [0.2, 0.25) is 0 Å². The van der Waals surface area contributed by atoms with Gasteiger partial charge in [-0.1, -0.05) is 12.1 Å². The first-order valence-corrected chi connectivity index (χ1v) is 8.67. The number of hydrogen-bond acceptors (Lipinski definition) is 4. The Morgan fingerprint density at radius 3 is 2.65 bits per heavy atom. The molecule has 26 heavy (non-hydrogen) atoms. The highest BCUT2D eigenvalue weighted by Gasteiger charge is 2.23. The lowest BCUT2D eigenvalue weighted by molar-refractivity contribution is 0.0162. The summed E-state index contributed by atoms with van der Waals surface area (Å²) in [6.45, 7) is 3.39. The molecule has 6 heteroatoms. The number of halogens is 1. The number of carbonyl (C=O) groups excluding carboxylic acids is 1. The van der Waals surface area contributed by atoms with Gasteiger partial charge in [0.1, 0.15) is 11.6 Å². The first-order chi connectivity index (χ1) is 12.7. The first-order valence-electron chi connectivity index (χ1n) is 8.67. The van der Waals surface area contributed by atoms with Gasteiger partial charge in [0.05, 0.1) is 26.4 Å². The Labute approximate surface area is 152 Å². The predicted octanol–water partition coefficient (Wildman–Crippen LogP) is 2.64. The average molecular weight is 358 g/mol. The molecule has 2 aromatic rings. The summed E-state index contributed by atoms with van der Waals surface area (Å²) in [6, 6.07) is 13.4. The van der Waals surface area contributed by atoms with E-state index in [1.807, 2.05) is 24.3 Å². The van der Waals surface area contributed by atoms with Crippen molar-refractivity contribution in [3.8, 4) is 5.75 Å². The van der Waals surface area contributed by atoms with Crippen LogP contribution in [0.4, 0.5) is 4.39 Å². The van der Waals surface area contributed by atoms with Gasteiger partial charge in [-0.25, -0.2) is 4.39 Å². The Balaban J connectivity index is 1.74. The lowest BCUT2D eigenvalue weighted by atomic mass is 10.0. The van der Waals surface area contributed by atoms with E-state index in [4.69, 9.17) is 9.47 Å². The van der Waals surface area contributed by atoms with Gasteiger partial charge >= 0.3 is 0 Å². The van der Waals surface area contributed by atoms with Gasteiger partial charge in [0.15, 0.2) is 0 Å². The van der Waals surface area contributed by atoms with Crippen LogP contribution in [-0.4, -0.2) is 50.8 Å². The lowest BCUT2D eigenvalue weighted by Crippen LogP contribution is -2.43. The number of amides is 1. The molecule has 0 bridgehead atoms. The van der Waals surface area contributed by atoms with Gasteiger partial charge in [-0.3, -0.25) is 9.69 Å². The number of carbonyl (C=O) groups is 1. The average Bonchev–Trinajstić information content (AvgIpc) is 2.69. The van der Waals surface area contributed by atoms with Gasteiger partial charge in [0, 0.05) is 25.2 Å². The van der Waals surface area contributed by atoms with E-state index in [-0.39, 0.29) is 17.8 Å². The molecule has 3 rings (SSSR count). The minimum atomic E-state index is -0.357. The number of hydrogen-bond donors (Lipinski definition) is 1. The van der Waals surface area contributed by atoms with Crippen LogP contribution in [0.5, 0.6) is 5.75 Å². The largest absolute Gasteiger partial charge is 0.497 e. The smallest absolute Gasteiger partial charge is 0.251 e. The highest BCUT2D eigenvalue weighted by atomic mass is 19.1. The van der Waals surface area contributed by atoms with Crippen molar-refractivity contribution >= 4 is 5.91 Å². The second kappa shape index (κ2) is 8.78. The van der Waals surface area contributed by atoms with Crippen LogP contribution in [0.25, 0.3) is 0 Å². The van der Waals surface area contributed by atoms with E-state index in [0.29, 0.717) is 25.3 Å². The Morgan fingerprint density at radius 1 is 1.23 bits per heavy atom. The Kier molecular flexibility index (Phi) is 6.20. The van der Waals surface area contributed by atoms with Crippen molar-refractivity contribution in [2.75, 3.05) is 40.0 Å². The van der Waals surface area contributed by atoms with E-state index >= 15 is 0 Å². The number of ether oxygens (including phenoxy) is 2. The van der Waals surface area contributed by atoms with Crippen LogP contribution in [0, 0.1) is 5.82 Å². The number of morpholine rings is 1. The quantitative estimate of drug-likeness (QED) is 0.863. The van der Waals surface area contributed by atoms with E-state index in [0.717, 1.165) is 24.4 Å². The Bertz CT molecular complexity index is 730. The van der Waals surface area contributed by atoms with Crippen molar-refractivity contribution < 1.29 is 18.7 Å². The van der Waals surface area contributed by atoms with E-state index < -0.39 is 0 Å². The van der Waals surface area contributed by atoms with Crippen molar-refractivity contribution in [2.45, 2.75) is 6.04 Å². The summed E-state index contributed by atoms with van der Waals surface area (Å²) in [4.78, 5) is 14.7. The predicted molar refractivity (Wildman–Crippen MR) is 96.9 cm³/mol. The monoisotopic (exact) mass is 358 g/mol. The third-order valence-corrected chi connectivity index (χ3v) is 4.53. The Hall–Kier alpha value is -2.44. The molecule has 0 aliphatic carbocycles. The number of benzene rings is 2. The molecule has 1 fully saturated rings. The van der Waals surface area contributed by atoms with E-state index in [9.17, 15) is 9.18 Å². The summed E-state index contributed by atoms with van der Waals surface area (Å²) >= 11 is 0. The molecule has 1 N–H and O–H groups in total. The topological polar surface area (TPSA) is 50.8 Å². The lowest BCUT2D eigenvalue weighted by Gasteiger charge is -2.35. The van der Waals surface area contributed by atoms with Gasteiger partial charge < -0.3 is 14.8 Å². The van der Waals surface area contributed by atoms with Crippen molar-refractivity contribution in [2.24, 2.45) is 0 Å². The molecule has 1 atom stereocenters. The molecule has 138 valence electrons. The number of methoxy groups -OCH3 is 1. The first kappa shape index (κ1) is 18.4. The minimum absolute atomic E-state index is 0.0124. The zero-order chi connectivity index (χ0) is 18.4. The van der Waals surface area contributed by atoms with Gasteiger partial charge in [0.25, 0.3) is 5.91 Å². The molecule has 2 aromatic carbocycles. The second-order valence-electron chi connectivity index (χ2n) is 6.16. The van der Waals surface area contributed by atoms with Gasteiger partial charge in [0.2, 0.25) is 0 Å². The van der Waals surface area contributed by atoms with Crippen molar-refractivity contribution in [1.29, 1.82) is 0 Å². The highest BCUT2D eigenvalue weighted by Crippen LogP contribution is 2.25. The van der Waals surface area contributed by atoms with Crippen molar-refractivity contribution in [3.05, 3.63) is 65.5 Å². The van der Waals surface area contributed by atoms with Crippen molar-refractivity contribution in [3.63, 3.8) is 0 Å². The molecule has 0 unspecified atom stereocenters. The van der Waals surface area contributed by atoms with E-state index in [1.165, 1.54) is 24.3 Å². The fourth-order valence-electron chi connectivity index (χ4n) is 3.09. The molecular weight excluding hydrogens is 335 g/mol. The van der Waals surface area contributed by atoms with E-state index in [1.54, 1.807) is 7.11 Å². The zero-order valence-corrected chi connectivity index (χ0v) is 14.8. The van der Waals surface area contributed by atoms with Crippen LogP contribution in [0.1, 0.15) is 22.0 Å². The SMILES string of the molecule is COc1cccc([C@@H](CNC(=O)c2ccc(F)cc2)N2CCOCC2)c1. The fourth-order valence-corrected chi connectivity index (χ4v) is 3.09. The van der Waals surface area contributed by atoms with Crippen LogP contribution in [-0.2, 0) is 4.74 Å². The molecule has 1 heterocycles. The maximum Gasteiger partial charge on any atom is 0.251 e. The third kappa shape index (κ3) is 4.59. The normalized spacial score (nSPS) is 16.1. The third-order valence-electron chi connectivity index (χ3n) is 4.53. The number of nitrogens with one attached hydrogen (secondary N) is 1. The van der Waals surface area contributed by atoms with Crippen LogP contribution in [0.15, 0.2) is 48.5 Å². The van der Waals surface area contributed by atoms with Gasteiger partial charge in [-0.05, 0) is 42.0 Å². The second-order valence-corrected chi connectivity index (χ2v) is 6.16. The summed E-state index contributed by atoms with van der Waals surface area (Å²) < 4.78 is 23.8. The maximum atomic E-state index is 13.0. The molecule has 1 aliphatic rings. The standard InChI is InChI=1S/C20H23FN2O3/c1-25-18-4-2-3-16(13-18)19(23-9-11-26-12-10-23)14-22-20(24)15-5-7-17(21)8-6-15/h2-8,13,19H,9-12,14H2,1H3,(H,22,24)/t19-/m1/s1.